The molecule has 0 aliphatic carbocycles. The number of benzene rings is 1. The normalized spacial score (nSPS) is 10.6. The average Bonchev–Trinajstić information content (AvgIpc) is 3.11. The summed E-state index contributed by atoms with van der Waals surface area (Å²) >= 11 is 1.06. The van der Waals surface area contributed by atoms with E-state index in [0.29, 0.717) is 22.2 Å². The molecule has 3 aromatic rings. The molecule has 0 N–H and O–H groups in total. The molecule has 29 heavy (non-hydrogen) atoms. The molecule has 0 atom stereocenters. The molecule has 1 amide bonds. The van der Waals surface area contributed by atoms with Crippen LogP contribution in [0.2, 0.25) is 0 Å². The lowest BCUT2D eigenvalue weighted by Crippen LogP contribution is -2.34. The van der Waals surface area contributed by atoms with Gasteiger partial charge in [0.2, 0.25) is 0 Å². The Kier molecular flexibility index (Phi) is 6.23. The SMILES string of the molecule is CCOC(=O)c1sc(N(C)C(=O)c2cccn(Cc3ccccc3)c2=O)nc1C. The predicted molar refractivity (Wildman–Crippen MR) is 112 cm³/mol. The number of aryl methyl sites for hydroxylation is 1. The third kappa shape index (κ3) is 4.43. The Labute approximate surface area is 172 Å². The minimum Gasteiger partial charge on any atom is -0.462 e. The van der Waals surface area contributed by atoms with Crippen LogP contribution in [0.15, 0.2) is 53.5 Å². The third-order valence-electron chi connectivity index (χ3n) is 4.28. The molecule has 2 heterocycles. The number of hydrogen-bond donors (Lipinski definition) is 0. The Morgan fingerprint density at radius 2 is 1.90 bits per heavy atom. The number of pyridine rings is 1. The zero-order chi connectivity index (χ0) is 21.0. The number of ether oxygens (including phenoxy) is 1. The van der Waals surface area contributed by atoms with Gasteiger partial charge in [-0.25, -0.2) is 9.78 Å². The summed E-state index contributed by atoms with van der Waals surface area (Å²) in [4.78, 5) is 43.7. The van der Waals surface area contributed by atoms with E-state index in [4.69, 9.17) is 4.74 Å². The van der Waals surface area contributed by atoms with Crippen LogP contribution in [0.3, 0.4) is 0 Å². The van der Waals surface area contributed by atoms with E-state index in [-0.39, 0.29) is 17.7 Å². The number of thiazole rings is 1. The lowest BCUT2D eigenvalue weighted by atomic mass is 10.2. The first-order chi connectivity index (χ1) is 13.9. The van der Waals surface area contributed by atoms with Crippen molar-refractivity contribution >= 4 is 28.3 Å². The van der Waals surface area contributed by atoms with Gasteiger partial charge in [0, 0.05) is 13.2 Å². The second kappa shape index (κ2) is 8.83. The fraction of sp³-hybridized carbons (Fsp3) is 0.238. The second-order valence-corrected chi connectivity index (χ2v) is 7.31. The summed E-state index contributed by atoms with van der Waals surface area (Å²) in [6.45, 7) is 4.03. The van der Waals surface area contributed by atoms with Gasteiger partial charge in [-0.15, -0.1) is 0 Å². The highest BCUT2D eigenvalue weighted by Crippen LogP contribution is 2.26. The molecular formula is C21H21N3O4S. The van der Waals surface area contributed by atoms with Crippen molar-refractivity contribution in [1.82, 2.24) is 9.55 Å². The highest BCUT2D eigenvalue weighted by Gasteiger charge is 2.24. The van der Waals surface area contributed by atoms with E-state index in [9.17, 15) is 14.4 Å². The largest absolute Gasteiger partial charge is 0.462 e. The average molecular weight is 411 g/mol. The first-order valence-electron chi connectivity index (χ1n) is 9.08. The molecule has 150 valence electrons. The van der Waals surface area contributed by atoms with Gasteiger partial charge < -0.3 is 9.30 Å². The van der Waals surface area contributed by atoms with E-state index in [1.165, 1.54) is 22.6 Å². The molecule has 0 unspecified atom stereocenters. The highest BCUT2D eigenvalue weighted by molar-refractivity contribution is 7.17. The monoisotopic (exact) mass is 411 g/mol. The molecule has 0 spiro atoms. The predicted octanol–water partition coefficient (Wildman–Crippen LogP) is 3.11. The fourth-order valence-corrected chi connectivity index (χ4v) is 3.70. The molecule has 0 aliphatic heterocycles. The number of amides is 1. The Morgan fingerprint density at radius 3 is 2.59 bits per heavy atom. The molecule has 0 radical (unpaired) electrons. The molecule has 7 nitrogen and oxygen atoms in total. The number of carbonyl (C=O) groups is 2. The number of nitrogens with zero attached hydrogens (tertiary/aromatic N) is 3. The molecule has 0 fully saturated rings. The summed E-state index contributed by atoms with van der Waals surface area (Å²) < 4.78 is 6.51. The van der Waals surface area contributed by atoms with Gasteiger partial charge in [0.05, 0.1) is 18.8 Å². The molecule has 0 saturated carbocycles. The van der Waals surface area contributed by atoms with Crippen molar-refractivity contribution < 1.29 is 14.3 Å². The van der Waals surface area contributed by atoms with Crippen molar-refractivity contribution in [3.05, 3.63) is 80.7 Å². The van der Waals surface area contributed by atoms with Crippen LogP contribution in [-0.2, 0) is 11.3 Å². The zero-order valence-corrected chi connectivity index (χ0v) is 17.2. The summed E-state index contributed by atoms with van der Waals surface area (Å²) in [5, 5.41) is 0.327. The van der Waals surface area contributed by atoms with Crippen LogP contribution in [0.25, 0.3) is 0 Å². The van der Waals surface area contributed by atoms with Crippen molar-refractivity contribution in [1.29, 1.82) is 0 Å². The Hall–Kier alpha value is -3.26. The van der Waals surface area contributed by atoms with Gasteiger partial charge in [0.25, 0.3) is 11.5 Å². The maximum absolute atomic E-state index is 12.9. The quantitative estimate of drug-likeness (QED) is 0.582. The molecule has 3 rings (SSSR count). The van der Waals surface area contributed by atoms with Crippen LogP contribution in [0, 0.1) is 6.92 Å². The Morgan fingerprint density at radius 1 is 1.17 bits per heavy atom. The van der Waals surface area contributed by atoms with E-state index < -0.39 is 11.9 Å². The minimum atomic E-state index is -0.485. The van der Waals surface area contributed by atoms with E-state index in [1.54, 1.807) is 26.1 Å². The van der Waals surface area contributed by atoms with Crippen LogP contribution < -0.4 is 10.5 Å². The number of hydrogen-bond acceptors (Lipinski definition) is 6. The summed E-state index contributed by atoms with van der Waals surface area (Å²) in [5.41, 5.74) is 1.10. The fourth-order valence-electron chi connectivity index (χ4n) is 2.78. The van der Waals surface area contributed by atoms with Crippen molar-refractivity contribution in [2.75, 3.05) is 18.6 Å². The molecule has 1 aromatic carbocycles. The van der Waals surface area contributed by atoms with Crippen molar-refractivity contribution in [3.8, 4) is 0 Å². The van der Waals surface area contributed by atoms with E-state index >= 15 is 0 Å². The highest BCUT2D eigenvalue weighted by atomic mass is 32.1. The first kappa shape index (κ1) is 20.5. The maximum atomic E-state index is 12.9. The lowest BCUT2D eigenvalue weighted by Gasteiger charge is -2.14. The van der Waals surface area contributed by atoms with Gasteiger partial charge in [-0.1, -0.05) is 41.7 Å². The van der Waals surface area contributed by atoms with Gasteiger partial charge in [-0.05, 0) is 31.5 Å². The standard InChI is InChI=1S/C21H21N3O4S/c1-4-28-20(27)17-14(2)22-21(29-17)23(3)18(25)16-11-8-12-24(19(16)26)13-15-9-6-5-7-10-15/h5-12H,4,13H2,1-3H3. The Balaban J connectivity index is 1.87. The van der Waals surface area contributed by atoms with Gasteiger partial charge >= 0.3 is 5.97 Å². The number of rotatable bonds is 6. The van der Waals surface area contributed by atoms with Gasteiger partial charge in [-0.3, -0.25) is 14.5 Å². The maximum Gasteiger partial charge on any atom is 0.350 e. The molecular weight excluding hydrogens is 390 g/mol. The molecule has 0 aliphatic rings. The first-order valence-corrected chi connectivity index (χ1v) is 9.90. The van der Waals surface area contributed by atoms with Crippen LogP contribution in [0.1, 0.15) is 38.2 Å². The number of aromatic nitrogens is 2. The lowest BCUT2D eigenvalue weighted by molar-refractivity contribution is 0.0531. The van der Waals surface area contributed by atoms with Crippen molar-refractivity contribution in [2.45, 2.75) is 20.4 Å². The van der Waals surface area contributed by atoms with Gasteiger partial charge in [0.15, 0.2) is 5.13 Å². The van der Waals surface area contributed by atoms with Crippen LogP contribution in [0.4, 0.5) is 5.13 Å². The van der Waals surface area contributed by atoms with E-state index in [2.05, 4.69) is 4.98 Å². The molecule has 0 bridgehead atoms. The van der Waals surface area contributed by atoms with Crippen molar-refractivity contribution in [2.24, 2.45) is 0 Å². The minimum absolute atomic E-state index is 0.0384. The Bertz CT molecular complexity index is 1090. The summed E-state index contributed by atoms with van der Waals surface area (Å²) in [5.74, 6) is -0.957. The van der Waals surface area contributed by atoms with Crippen LogP contribution in [0.5, 0.6) is 0 Å². The topological polar surface area (TPSA) is 81.5 Å². The van der Waals surface area contributed by atoms with E-state index in [1.807, 2.05) is 30.3 Å². The number of carbonyl (C=O) groups excluding carboxylic acids is 2. The summed E-state index contributed by atoms with van der Waals surface area (Å²) in [6, 6.07) is 12.7. The number of anilines is 1. The summed E-state index contributed by atoms with van der Waals surface area (Å²) in [7, 11) is 1.53. The smallest absolute Gasteiger partial charge is 0.350 e. The number of esters is 1. The van der Waals surface area contributed by atoms with Crippen LogP contribution >= 0.6 is 11.3 Å². The third-order valence-corrected chi connectivity index (χ3v) is 5.50. The van der Waals surface area contributed by atoms with Gasteiger partial charge in [0.1, 0.15) is 10.4 Å². The van der Waals surface area contributed by atoms with E-state index in [0.717, 1.165) is 16.9 Å². The second-order valence-electron chi connectivity index (χ2n) is 6.34. The molecule has 0 saturated heterocycles. The summed E-state index contributed by atoms with van der Waals surface area (Å²) in [6.07, 6.45) is 1.65. The van der Waals surface area contributed by atoms with Crippen LogP contribution in [-0.4, -0.2) is 35.1 Å². The zero-order valence-electron chi connectivity index (χ0n) is 16.4. The van der Waals surface area contributed by atoms with Gasteiger partial charge in [-0.2, -0.15) is 0 Å². The van der Waals surface area contributed by atoms with Crippen molar-refractivity contribution in [3.63, 3.8) is 0 Å². The molecule has 8 heteroatoms. The molecule has 2 aromatic heterocycles.